The van der Waals surface area contributed by atoms with Gasteiger partial charge in [-0.3, -0.25) is 10.1 Å². The van der Waals surface area contributed by atoms with Crippen molar-refractivity contribution in [3.63, 3.8) is 0 Å². The van der Waals surface area contributed by atoms with Crippen molar-refractivity contribution >= 4 is 21.6 Å². The molecule has 0 radical (unpaired) electrons. The Balaban J connectivity index is 2.28. The molecule has 8 heteroatoms. The molecule has 1 aromatic heterocycles. The molecule has 0 aliphatic heterocycles. The molecule has 104 valence electrons. The standard InChI is InChI=1S/C12H9BrFN3O3/c1-2-11-15-10(13)6-12(16-11)20-7-3-4-9(17(18)19)8(14)5-7/h3-6H,2H2,1H3. The molecule has 0 unspecified atom stereocenters. The van der Waals surface area contributed by atoms with E-state index in [9.17, 15) is 14.5 Å². The minimum absolute atomic E-state index is 0.126. The fourth-order valence-electron chi connectivity index (χ4n) is 1.47. The van der Waals surface area contributed by atoms with E-state index in [1.165, 1.54) is 12.1 Å². The van der Waals surface area contributed by atoms with Gasteiger partial charge in [-0.1, -0.05) is 6.92 Å². The summed E-state index contributed by atoms with van der Waals surface area (Å²) < 4.78 is 19.4. The molecule has 1 aromatic carbocycles. The van der Waals surface area contributed by atoms with Gasteiger partial charge in [0.15, 0.2) is 0 Å². The first-order valence-corrected chi connectivity index (χ1v) is 6.44. The number of rotatable bonds is 4. The molecular weight excluding hydrogens is 333 g/mol. The van der Waals surface area contributed by atoms with Crippen LogP contribution in [0.25, 0.3) is 0 Å². The number of nitrogens with zero attached hydrogens (tertiary/aromatic N) is 3. The van der Waals surface area contributed by atoms with E-state index in [1.54, 1.807) is 0 Å². The Morgan fingerprint density at radius 3 is 2.75 bits per heavy atom. The van der Waals surface area contributed by atoms with Gasteiger partial charge in [0.05, 0.1) is 4.92 Å². The maximum Gasteiger partial charge on any atom is 0.305 e. The van der Waals surface area contributed by atoms with Gasteiger partial charge in [-0.15, -0.1) is 0 Å². The number of benzene rings is 1. The van der Waals surface area contributed by atoms with E-state index in [-0.39, 0.29) is 11.6 Å². The molecule has 1 heterocycles. The van der Waals surface area contributed by atoms with Crippen molar-refractivity contribution in [2.75, 3.05) is 0 Å². The first kappa shape index (κ1) is 14.3. The van der Waals surface area contributed by atoms with Crippen LogP contribution in [0.15, 0.2) is 28.9 Å². The van der Waals surface area contributed by atoms with Gasteiger partial charge in [0.1, 0.15) is 16.2 Å². The Hall–Kier alpha value is -2.09. The quantitative estimate of drug-likeness (QED) is 0.482. The Bertz CT molecular complexity index is 666. The molecular formula is C12H9BrFN3O3. The predicted molar refractivity (Wildman–Crippen MR) is 72.2 cm³/mol. The molecule has 0 fully saturated rings. The number of hydrogen-bond donors (Lipinski definition) is 0. The van der Waals surface area contributed by atoms with Gasteiger partial charge in [-0.05, 0) is 22.0 Å². The van der Waals surface area contributed by atoms with Gasteiger partial charge >= 0.3 is 5.69 Å². The summed E-state index contributed by atoms with van der Waals surface area (Å²) >= 11 is 3.22. The molecule has 0 saturated carbocycles. The number of nitro groups is 1. The van der Waals surface area contributed by atoms with E-state index in [0.717, 1.165) is 12.1 Å². The molecule has 2 aromatic rings. The highest BCUT2D eigenvalue weighted by Gasteiger charge is 2.15. The number of nitro benzene ring substituents is 1. The highest BCUT2D eigenvalue weighted by molar-refractivity contribution is 9.10. The first-order chi connectivity index (χ1) is 9.49. The third kappa shape index (κ3) is 3.27. The van der Waals surface area contributed by atoms with Gasteiger partial charge < -0.3 is 4.74 Å². The number of ether oxygens (including phenoxy) is 1. The largest absolute Gasteiger partial charge is 0.439 e. The summed E-state index contributed by atoms with van der Waals surface area (Å²) in [5.41, 5.74) is -0.601. The van der Waals surface area contributed by atoms with Gasteiger partial charge in [-0.25, -0.2) is 4.98 Å². The number of aromatic nitrogens is 2. The summed E-state index contributed by atoms with van der Waals surface area (Å²) in [6.07, 6.45) is 0.615. The molecule has 2 rings (SSSR count). The van der Waals surface area contributed by atoms with E-state index < -0.39 is 16.4 Å². The van der Waals surface area contributed by atoms with Crippen molar-refractivity contribution in [2.45, 2.75) is 13.3 Å². The second-order valence-corrected chi connectivity index (χ2v) is 4.58. The zero-order chi connectivity index (χ0) is 14.7. The lowest BCUT2D eigenvalue weighted by molar-refractivity contribution is -0.387. The molecule has 0 atom stereocenters. The summed E-state index contributed by atoms with van der Waals surface area (Å²) in [6.45, 7) is 1.89. The van der Waals surface area contributed by atoms with Crippen LogP contribution in [-0.2, 0) is 6.42 Å². The maximum atomic E-state index is 13.5. The molecule has 0 saturated heterocycles. The third-order valence-electron chi connectivity index (χ3n) is 2.37. The lowest BCUT2D eigenvalue weighted by atomic mass is 10.3. The van der Waals surface area contributed by atoms with Crippen molar-refractivity contribution in [2.24, 2.45) is 0 Å². The first-order valence-electron chi connectivity index (χ1n) is 5.65. The van der Waals surface area contributed by atoms with Crippen LogP contribution in [0, 0.1) is 15.9 Å². The zero-order valence-electron chi connectivity index (χ0n) is 10.3. The smallest absolute Gasteiger partial charge is 0.305 e. The van der Waals surface area contributed by atoms with E-state index in [2.05, 4.69) is 25.9 Å². The van der Waals surface area contributed by atoms with Crippen molar-refractivity contribution in [3.05, 3.63) is 50.6 Å². The van der Waals surface area contributed by atoms with Gasteiger partial charge in [0.25, 0.3) is 0 Å². The topological polar surface area (TPSA) is 78.2 Å². The Kier molecular flexibility index (Phi) is 4.23. The lowest BCUT2D eigenvalue weighted by Gasteiger charge is -2.06. The summed E-state index contributed by atoms with van der Waals surface area (Å²) in [5, 5.41) is 10.5. The van der Waals surface area contributed by atoms with Crippen molar-refractivity contribution in [3.8, 4) is 11.6 Å². The highest BCUT2D eigenvalue weighted by Crippen LogP contribution is 2.26. The monoisotopic (exact) mass is 341 g/mol. The third-order valence-corrected chi connectivity index (χ3v) is 2.78. The lowest BCUT2D eigenvalue weighted by Crippen LogP contribution is -1.97. The molecule has 0 bridgehead atoms. The average molecular weight is 342 g/mol. The van der Waals surface area contributed by atoms with Crippen LogP contribution in [0.5, 0.6) is 11.6 Å². The van der Waals surface area contributed by atoms with Crippen LogP contribution in [-0.4, -0.2) is 14.9 Å². The van der Waals surface area contributed by atoms with Gasteiger partial charge in [-0.2, -0.15) is 9.37 Å². The minimum atomic E-state index is -0.962. The number of hydrogen-bond acceptors (Lipinski definition) is 5. The normalized spacial score (nSPS) is 10.3. The second-order valence-electron chi connectivity index (χ2n) is 3.77. The van der Waals surface area contributed by atoms with Crippen molar-refractivity contribution in [1.29, 1.82) is 0 Å². The fourth-order valence-corrected chi connectivity index (χ4v) is 1.87. The zero-order valence-corrected chi connectivity index (χ0v) is 11.9. The summed E-state index contributed by atoms with van der Waals surface area (Å²) in [7, 11) is 0. The van der Waals surface area contributed by atoms with E-state index in [0.29, 0.717) is 16.8 Å². The summed E-state index contributed by atoms with van der Waals surface area (Å²) in [5.74, 6) is -0.0363. The molecule has 0 aliphatic carbocycles. The van der Waals surface area contributed by atoms with E-state index >= 15 is 0 Å². The van der Waals surface area contributed by atoms with Crippen LogP contribution in [0.4, 0.5) is 10.1 Å². The molecule has 0 N–H and O–H groups in total. The van der Waals surface area contributed by atoms with E-state index in [4.69, 9.17) is 4.74 Å². The summed E-state index contributed by atoms with van der Waals surface area (Å²) in [4.78, 5) is 17.9. The highest BCUT2D eigenvalue weighted by atomic mass is 79.9. The summed E-state index contributed by atoms with van der Waals surface area (Å²) in [6, 6.07) is 4.82. The van der Waals surface area contributed by atoms with Crippen molar-refractivity contribution in [1.82, 2.24) is 9.97 Å². The second kappa shape index (κ2) is 5.91. The van der Waals surface area contributed by atoms with Gasteiger partial charge in [0.2, 0.25) is 11.7 Å². The van der Waals surface area contributed by atoms with Crippen LogP contribution in [0.3, 0.4) is 0 Å². The van der Waals surface area contributed by atoms with Crippen LogP contribution >= 0.6 is 15.9 Å². The van der Waals surface area contributed by atoms with Gasteiger partial charge in [0, 0.05) is 24.6 Å². The molecule has 20 heavy (non-hydrogen) atoms. The SMILES string of the molecule is CCc1nc(Br)cc(Oc2ccc([N+](=O)[O-])c(F)c2)n1. The number of halogens is 2. The average Bonchev–Trinajstić information content (AvgIpc) is 2.37. The molecule has 0 spiro atoms. The van der Waals surface area contributed by atoms with E-state index in [1.807, 2.05) is 6.92 Å². The van der Waals surface area contributed by atoms with Crippen LogP contribution in [0.1, 0.15) is 12.7 Å². The predicted octanol–water partition coefficient (Wildman–Crippen LogP) is 3.64. The minimum Gasteiger partial charge on any atom is -0.439 e. The maximum absolute atomic E-state index is 13.5. The van der Waals surface area contributed by atoms with Crippen LogP contribution < -0.4 is 4.74 Å². The number of aryl methyl sites for hydroxylation is 1. The Morgan fingerprint density at radius 2 is 2.15 bits per heavy atom. The Morgan fingerprint density at radius 1 is 1.40 bits per heavy atom. The molecule has 0 amide bonds. The van der Waals surface area contributed by atoms with Crippen molar-refractivity contribution < 1.29 is 14.1 Å². The molecule has 0 aliphatic rings. The Labute approximate surface area is 121 Å². The fraction of sp³-hybridized carbons (Fsp3) is 0.167. The molecule has 6 nitrogen and oxygen atoms in total. The van der Waals surface area contributed by atoms with Crippen LogP contribution in [0.2, 0.25) is 0 Å².